The molecule has 0 atom stereocenters. The molecule has 0 amide bonds. The van der Waals surface area contributed by atoms with E-state index in [1.54, 1.807) is 0 Å². The average molecular weight is 364 g/mol. The first-order valence-electron chi connectivity index (χ1n) is 9.62. The predicted molar refractivity (Wildman–Crippen MR) is 119 cm³/mol. The van der Waals surface area contributed by atoms with Crippen molar-refractivity contribution in [3.05, 3.63) is 126 Å². The molecule has 0 aliphatic heterocycles. The maximum Gasteiger partial charge on any atom is 0.0433 e. The van der Waals surface area contributed by atoms with Crippen LogP contribution in [0.15, 0.2) is 115 Å². The fraction of sp³-hybridized carbons (Fsp3) is 0.0769. The quantitative estimate of drug-likeness (QED) is 0.395. The highest BCUT2D eigenvalue weighted by Crippen LogP contribution is 2.24. The number of hydrogen-bond donors (Lipinski definition) is 1. The first-order valence-corrected chi connectivity index (χ1v) is 9.62. The Morgan fingerprint density at radius 1 is 0.464 bits per heavy atom. The lowest BCUT2D eigenvalue weighted by Crippen LogP contribution is -2.22. The Balaban J connectivity index is 1.54. The standard InChI is InChI=1S/C26H24N2/c1-4-10-22(11-5-1)20-28(21-23-12-6-2-7-13-23)26-18-16-25(17-19-26)27-24-14-8-3-9-15-24/h1-19,27H,20-21H2. The van der Waals surface area contributed by atoms with E-state index < -0.39 is 0 Å². The Morgan fingerprint density at radius 2 is 0.893 bits per heavy atom. The molecule has 2 heteroatoms. The lowest BCUT2D eigenvalue weighted by atomic mass is 10.1. The highest BCUT2D eigenvalue weighted by molar-refractivity contribution is 5.63. The van der Waals surface area contributed by atoms with Gasteiger partial charge in [-0.2, -0.15) is 0 Å². The summed E-state index contributed by atoms with van der Waals surface area (Å²) in [6.07, 6.45) is 0. The van der Waals surface area contributed by atoms with Gasteiger partial charge < -0.3 is 10.2 Å². The smallest absolute Gasteiger partial charge is 0.0433 e. The van der Waals surface area contributed by atoms with Crippen molar-refractivity contribution >= 4 is 17.1 Å². The summed E-state index contributed by atoms with van der Waals surface area (Å²) in [5, 5.41) is 3.45. The van der Waals surface area contributed by atoms with E-state index in [0.717, 1.165) is 24.5 Å². The van der Waals surface area contributed by atoms with Crippen molar-refractivity contribution in [2.45, 2.75) is 13.1 Å². The van der Waals surface area contributed by atoms with Gasteiger partial charge in [0.1, 0.15) is 0 Å². The van der Waals surface area contributed by atoms with Gasteiger partial charge in [-0.3, -0.25) is 0 Å². The number of nitrogens with one attached hydrogen (secondary N) is 1. The van der Waals surface area contributed by atoms with E-state index in [2.05, 4.69) is 107 Å². The molecule has 0 saturated heterocycles. The minimum absolute atomic E-state index is 0.876. The third-order valence-electron chi connectivity index (χ3n) is 4.73. The van der Waals surface area contributed by atoms with Crippen molar-refractivity contribution in [2.75, 3.05) is 10.2 Å². The highest BCUT2D eigenvalue weighted by atomic mass is 15.1. The number of anilines is 3. The van der Waals surface area contributed by atoms with Crippen molar-refractivity contribution < 1.29 is 0 Å². The third-order valence-corrected chi connectivity index (χ3v) is 4.73. The molecule has 0 unspecified atom stereocenters. The maximum absolute atomic E-state index is 3.45. The van der Waals surface area contributed by atoms with Crippen molar-refractivity contribution in [2.24, 2.45) is 0 Å². The van der Waals surface area contributed by atoms with Crippen molar-refractivity contribution in [1.82, 2.24) is 0 Å². The molecule has 0 heterocycles. The van der Waals surface area contributed by atoms with Crippen LogP contribution in [0, 0.1) is 0 Å². The van der Waals surface area contributed by atoms with E-state index in [1.165, 1.54) is 16.8 Å². The van der Waals surface area contributed by atoms with Gasteiger partial charge in [0.25, 0.3) is 0 Å². The zero-order valence-electron chi connectivity index (χ0n) is 15.8. The Labute approximate surface area is 167 Å². The molecule has 0 spiro atoms. The zero-order chi connectivity index (χ0) is 19.0. The summed E-state index contributed by atoms with van der Waals surface area (Å²) in [5.74, 6) is 0. The molecular formula is C26H24N2. The molecule has 138 valence electrons. The summed E-state index contributed by atoms with van der Waals surface area (Å²) in [6.45, 7) is 1.75. The second-order valence-electron chi connectivity index (χ2n) is 6.87. The van der Waals surface area contributed by atoms with E-state index in [-0.39, 0.29) is 0 Å². The molecule has 4 aromatic carbocycles. The molecular weight excluding hydrogens is 340 g/mol. The molecule has 0 aromatic heterocycles. The monoisotopic (exact) mass is 364 g/mol. The van der Waals surface area contributed by atoms with Gasteiger partial charge in [-0.1, -0.05) is 78.9 Å². The van der Waals surface area contributed by atoms with Crippen LogP contribution in [0.5, 0.6) is 0 Å². The number of nitrogens with zero attached hydrogens (tertiary/aromatic N) is 1. The number of para-hydroxylation sites is 1. The maximum atomic E-state index is 3.45. The minimum Gasteiger partial charge on any atom is -0.363 e. The molecule has 1 N–H and O–H groups in total. The topological polar surface area (TPSA) is 15.3 Å². The number of benzene rings is 4. The summed E-state index contributed by atoms with van der Waals surface area (Å²) < 4.78 is 0. The Kier molecular flexibility index (Phi) is 5.69. The lowest BCUT2D eigenvalue weighted by molar-refractivity contribution is 0.800. The first kappa shape index (κ1) is 17.9. The van der Waals surface area contributed by atoms with Crippen LogP contribution < -0.4 is 10.2 Å². The Bertz CT molecular complexity index is 924. The normalized spacial score (nSPS) is 10.4. The molecule has 0 saturated carbocycles. The van der Waals surface area contributed by atoms with E-state index in [0.29, 0.717) is 0 Å². The van der Waals surface area contributed by atoms with E-state index in [1.807, 2.05) is 18.2 Å². The van der Waals surface area contributed by atoms with Gasteiger partial charge in [0.15, 0.2) is 0 Å². The van der Waals surface area contributed by atoms with Crippen LogP contribution in [-0.2, 0) is 13.1 Å². The van der Waals surface area contributed by atoms with E-state index in [9.17, 15) is 0 Å². The largest absolute Gasteiger partial charge is 0.363 e. The van der Waals surface area contributed by atoms with E-state index >= 15 is 0 Å². The summed E-state index contributed by atoms with van der Waals surface area (Å²) in [7, 11) is 0. The van der Waals surface area contributed by atoms with Crippen LogP contribution >= 0.6 is 0 Å². The fourth-order valence-electron chi connectivity index (χ4n) is 3.29. The molecule has 0 fully saturated rings. The molecule has 28 heavy (non-hydrogen) atoms. The molecule has 0 aliphatic rings. The van der Waals surface area contributed by atoms with Gasteiger partial charge in [-0.25, -0.2) is 0 Å². The Hall–Kier alpha value is -3.52. The van der Waals surface area contributed by atoms with Crippen LogP contribution in [0.3, 0.4) is 0 Å². The van der Waals surface area contributed by atoms with Crippen molar-refractivity contribution in [3.63, 3.8) is 0 Å². The number of rotatable bonds is 7. The summed E-state index contributed by atoms with van der Waals surface area (Å²) >= 11 is 0. The van der Waals surface area contributed by atoms with Crippen LogP contribution in [-0.4, -0.2) is 0 Å². The molecule has 0 radical (unpaired) electrons. The molecule has 4 rings (SSSR count). The van der Waals surface area contributed by atoms with Gasteiger partial charge in [-0.15, -0.1) is 0 Å². The van der Waals surface area contributed by atoms with Crippen LogP contribution in [0.2, 0.25) is 0 Å². The summed E-state index contributed by atoms with van der Waals surface area (Å²) in [6, 6.07) is 40.2. The van der Waals surface area contributed by atoms with E-state index in [4.69, 9.17) is 0 Å². The predicted octanol–water partition coefficient (Wildman–Crippen LogP) is 6.64. The summed E-state index contributed by atoms with van der Waals surface area (Å²) in [4.78, 5) is 2.41. The minimum atomic E-state index is 0.876. The van der Waals surface area contributed by atoms with Gasteiger partial charge in [0, 0.05) is 30.2 Å². The van der Waals surface area contributed by atoms with Gasteiger partial charge in [-0.05, 0) is 47.5 Å². The van der Waals surface area contributed by atoms with Gasteiger partial charge in [0.2, 0.25) is 0 Å². The SMILES string of the molecule is c1ccc(CN(Cc2ccccc2)c2ccc(Nc3ccccc3)cc2)cc1. The molecule has 0 aliphatic carbocycles. The third kappa shape index (κ3) is 4.80. The van der Waals surface area contributed by atoms with Crippen LogP contribution in [0.1, 0.15) is 11.1 Å². The van der Waals surface area contributed by atoms with Gasteiger partial charge >= 0.3 is 0 Å². The Morgan fingerprint density at radius 3 is 1.39 bits per heavy atom. The zero-order valence-corrected chi connectivity index (χ0v) is 15.8. The highest BCUT2D eigenvalue weighted by Gasteiger charge is 2.09. The van der Waals surface area contributed by atoms with Crippen LogP contribution in [0.25, 0.3) is 0 Å². The average Bonchev–Trinajstić information content (AvgIpc) is 2.76. The second kappa shape index (κ2) is 8.92. The fourth-order valence-corrected chi connectivity index (χ4v) is 3.29. The molecule has 0 bridgehead atoms. The van der Waals surface area contributed by atoms with Crippen molar-refractivity contribution in [3.8, 4) is 0 Å². The second-order valence-corrected chi connectivity index (χ2v) is 6.87. The molecule has 4 aromatic rings. The van der Waals surface area contributed by atoms with Crippen molar-refractivity contribution in [1.29, 1.82) is 0 Å². The first-order chi connectivity index (χ1) is 13.9. The lowest BCUT2D eigenvalue weighted by Gasteiger charge is -2.25. The molecule has 2 nitrogen and oxygen atoms in total. The summed E-state index contributed by atoms with van der Waals surface area (Å²) in [5.41, 5.74) is 6.02. The van der Waals surface area contributed by atoms with Gasteiger partial charge in [0.05, 0.1) is 0 Å². The van der Waals surface area contributed by atoms with Crippen LogP contribution in [0.4, 0.5) is 17.1 Å². The number of hydrogen-bond acceptors (Lipinski definition) is 2.